The third kappa shape index (κ3) is 7.50. The van der Waals surface area contributed by atoms with Gasteiger partial charge in [0, 0.05) is 30.7 Å². The van der Waals surface area contributed by atoms with E-state index in [4.69, 9.17) is 32.7 Å². The van der Waals surface area contributed by atoms with E-state index in [-0.39, 0.29) is 28.2 Å². The fraction of sp³-hybridized carbons (Fsp3) is 0.292. The van der Waals surface area contributed by atoms with Crippen LogP contribution in [-0.2, 0) is 9.53 Å². The average Bonchev–Trinajstić information content (AvgIpc) is 2.80. The van der Waals surface area contributed by atoms with Crippen LogP contribution in [0, 0.1) is 5.82 Å². The lowest BCUT2D eigenvalue weighted by Gasteiger charge is -2.15. The number of nitrogens with zero attached hydrogens (tertiary/aromatic N) is 3. The molecular formula is C24H26Cl2FN5O3. The standard InChI is InChI=1S/C24H26Cl2FN5O3/c1-4-34-8-9-35-22-13-19-15(10-21(22)30-23(33)6-5-7-32(2)3)24(29-14-28-19)31-20-12-17(26)16(25)11-18(20)27/h5-6,10-14H,4,7-9H2,1-3H3,(H,30,33)(H,28,29,31). The van der Waals surface area contributed by atoms with Crippen molar-refractivity contribution < 1.29 is 18.7 Å². The van der Waals surface area contributed by atoms with Crippen molar-refractivity contribution in [3.63, 3.8) is 0 Å². The smallest absolute Gasteiger partial charge is 0.248 e. The maximum atomic E-state index is 14.5. The van der Waals surface area contributed by atoms with Gasteiger partial charge in [-0.05, 0) is 39.2 Å². The molecule has 0 radical (unpaired) electrons. The van der Waals surface area contributed by atoms with Crippen LogP contribution in [0.25, 0.3) is 10.9 Å². The first kappa shape index (κ1) is 26.6. The largest absolute Gasteiger partial charge is 0.489 e. The van der Waals surface area contributed by atoms with E-state index in [0.717, 1.165) is 6.07 Å². The molecule has 186 valence electrons. The molecule has 0 saturated heterocycles. The van der Waals surface area contributed by atoms with E-state index in [1.54, 1.807) is 18.2 Å². The molecule has 0 bridgehead atoms. The van der Waals surface area contributed by atoms with E-state index in [9.17, 15) is 9.18 Å². The third-order valence-corrected chi connectivity index (χ3v) is 5.41. The molecule has 1 amide bonds. The van der Waals surface area contributed by atoms with Crippen LogP contribution in [0.1, 0.15) is 6.92 Å². The van der Waals surface area contributed by atoms with Crippen LogP contribution in [0.4, 0.5) is 21.6 Å². The molecule has 0 fully saturated rings. The highest BCUT2D eigenvalue weighted by molar-refractivity contribution is 6.42. The summed E-state index contributed by atoms with van der Waals surface area (Å²) in [4.78, 5) is 23.0. The predicted molar refractivity (Wildman–Crippen MR) is 138 cm³/mol. The van der Waals surface area contributed by atoms with E-state index in [0.29, 0.717) is 47.9 Å². The molecule has 2 N–H and O–H groups in total. The van der Waals surface area contributed by atoms with Crippen LogP contribution in [0.2, 0.25) is 10.0 Å². The predicted octanol–water partition coefficient (Wildman–Crippen LogP) is 5.29. The molecule has 0 aliphatic heterocycles. The van der Waals surface area contributed by atoms with E-state index < -0.39 is 5.82 Å². The summed E-state index contributed by atoms with van der Waals surface area (Å²) < 4.78 is 25.6. The normalized spacial score (nSPS) is 11.4. The molecule has 0 aliphatic rings. The minimum absolute atomic E-state index is 0.0913. The Labute approximate surface area is 213 Å². The molecule has 1 aromatic heterocycles. The molecule has 35 heavy (non-hydrogen) atoms. The fourth-order valence-corrected chi connectivity index (χ4v) is 3.36. The Bertz CT molecular complexity index is 1220. The lowest BCUT2D eigenvalue weighted by molar-refractivity contribution is -0.111. The Balaban J connectivity index is 1.97. The summed E-state index contributed by atoms with van der Waals surface area (Å²) >= 11 is 11.9. The molecule has 1 heterocycles. The number of ether oxygens (including phenoxy) is 2. The minimum atomic E-state index is -0.596. The average molecular weight is 522 g/mol. The second-order valence-corrected chi connectivity index (χ2v) is 8.47. The van der Waals surface area contributed by atoms with Gasteiger partial charge >= 0.3 is 0 Å². The summed E-state index contributed by atoms with van der Waals surface area (Å²) in [5, 5.41) is 6.58. The first-order chi connectivity index (χ1) is 16.8. The van der Waals surface area contributed by atoms with Gasteiger partial charge in [0.05, 0.1) is 33.5 Å². The van der Waals surface area contributed by atoms with Crippen LogP contribution >= 0.6 is 23.2 Å². The monoisotopic (exact) mass is 521 g/mol. The number of halogens is 3. The SMILES string of the molecule is CCOCCOc1cc2ncnc(Nc3cc(Cl)c(Cl)cc3F)c2cc1NC(=O)C=CCN(C)C. The summed E-state index contributed by atoms with van der Waals surface area (Å²) in [5.41, 5.74) is 1.02. The third-order valence-electron chi connectivity index (χ3n) is 4.69. The number of carbonyl (C=O) groups excluding carboxylic acids is 1. The lowest BCUT2D eigenvalue weighted by Crippen LogP contribution is -2.14. The molecule has 0 unspecified atom stereocenters. The molecule has 0 spiro atoms. The van der Waals surface area contributed by atoms with Crippen molar-refractivity contribution >= 4 is 57.2 Å². The van der Waals surface area contributed by atoms with E-state index in [2.05, 4.69) is 20.6 Å². The Morgan fingerprint density at radius 3 is 2.63 bits per heavy atom. The Kier molecular flexibility index (Phi) is 9.62. The van der Waals surface area contributed by atoms with Crippen molar-refractivity contribution in [2.45, 2.75) is 6.92 Å². The molecule has 8 nitrogen and oxygen atoms in total. The van der Waals surface area contributed by atoms with Gasteiger partial charge in [0.2, 0.25) is 5.91 Å². The summed E-state index contributed by atoms with van der Waals surface area (Å²) in [5.74, 6) is -0.201. The molecule has 3 rings (SSSR count). The molecule has 0 aliphatic carbocycles. The first-order valence-corrected chi connectivity index (χ1v) is 11.6. The second-order valence-electron chi connectivity index (χ2n) is 7.66. The van der Waals surface area contributed by atoms with Crippen LogP contribution in [0.15, 0.2) is 42.7 Å². The number of fused-ring (bicyclic) bond motifs is 1. The number of carbonyl (C=O) groups is 1. The van der Waals surface area contributed by atoms with Crippen molar-refractivity contribution in [1.82, 2.24) is 14.9 Å². The van der Waals surface area contributed by atoms with Crippen molar-refractivity contribution in [1.29, 1.82) is 0 Å². The highest BCUT2D eigenvalue weighted by atomic mass is 35.5. The number of amides is 1. The zero-order valence-corrected chi connectivity index (χ0v) is 21.1. The van der Waals surface area contributed by atoms with Gasteiger partial charge < -0.3 is 25.0 Å². The Hall–Kier alpha value is -2.98. The number of hydrogen-bond donors (Lipinski definition) is 2. The molecule has 2 aromatic carbocycles. The Morgan fingerprint density at radius 1 is 1.11 bits per heavy atom. The van der Waals surface area contributed by atoms with Crippen molar-refractivity contribution in [2.24, 2.45) is 0 Å². The Morgan fingerprint density at radius 2 is 1.89 bits per heavy atom. The zero-order valence-electron chi connectivity index (χ0n) is 19.6. The van der Waals surface area contributed by atoms with Gasteiger partial charge in [-0.15, -0.1) is 0 Å². The van der Waals surface area contributed by atoms with Crippen LogP contribution in [0.3, 0.4) is 0 Å². The molecule has 0 saturated carbocycles. The zero-order chi connectivity index (χ0) is 25.4. The molecule has 3 aromatic rings. The fourth-order valence-electron chi connectivity index (χ4n) is 3.05. The number of aromatic nitrogens is 2. The summed E-state index contributed by atoms with van der Waals surface area (Å²) in [6.45, 7) is 3.74. The first-order valence-electron chi connectivity index (χ1n) is 10.8. The van der Waals surface area contributed by atoms with E-state index in [1.165, 1.54) is 18.5 Å². The van der Waals surface area contributed by atoms with Crippen molar-refractivity contribution in [3.8, 4) is 5.75 Å². The number of benzene rings is 2. The summed E-state index contributed by atoms with van der Waals surface area (Å²) in [6, 6.07) is 5.83. The summed E-state index contributed by atoms with van der Waals surface area (Å²) in [6.07, 6.45) is 4.53. The van der Waals surface area contributed by atoms with Crippen molar-refractivity contribution in [3.05, 3.63) is 58.6 Å². The number of rotatable bonds is 11. The summed E-state index contributed by atoms with van der Waals surface area (Å²) in [7, 11) is 3.81. The van der Waals surface area contributed by atoms with Gasteiger partial charge in [-0.1, -0.05) is 29.3 Å². The van der Waals surface area contributed by atoms with Crippen LogP contribution < -0.4 is 15.4 Å². The number of likely N-dealkylation sites (N-methyl/N-ethyl adjacent to an activating group) is 1. The van der Waals surface area contributed by atoms with Crippen LogP contribution in [-0.4, -0.2) is 61.2 Å². The second kappa shape index (κ2) is 12.6. The topological polar surface area (TPSA) is 88.6 Å². The highest BCUT2D eigenvalue weighted by Crippen LogP contribution is 2.35. The molecular weight excluding hydrogens is 496 g/mol. The highest BCUT2D eigenvalue weighted by Gasteiger charge is 2.15. The number of nitrogens with one attached hydrogen (secondary N) is 2. The molecule has 0 atom stereocenters. The quantitative estimate of drug-likeness (QED) is 0.201. The lowest BCUT2D eigenvalue weighted by atomic mass is 10.1. The van der Waals surface area contributed by atoms with E-state index in [1.807, 2.05) is 25.9 Å². The maximum Gasteiger partial charge on any atom is 0.248 e. The molecule has 11 heteroatoms. The number of anilines is 3. The van der Waals surface area contributed by atoms with Gasteiger partial charge in [-0.2, -0.15) is 0 Å². The van der Waals surface area contributed by atoms with Gasteiger partial charge in [-0.25, -0.2) is 14.4 Å². The van der Waals surface area contributed by atoms with Crippen LogP contribution in [0.5, 0.6) is 5.75 Å². The van der Waals surface area contributed by atoms with Crippen molar-refractivity contribution in [2.75, 3.05) is 51.1 Å². The van der Waals surface area contributed by atoms with Gasteiger partial charge in [0.15, 0.2) is 0 Å². The van der Waals surface area contributed by atoms with Gasteiger partial charge in [-0.3, -0.25) is 4.79 Å². The van der Waals surface area contributed by atoms with Gasteiger partial charge in [0.1, 0.15) is 30.3 Å². The number of hydrogen-bond acceptors (Lipinski definition) is 7. The van der Waals surface area contributed by atoms with E-state index >= 15 is 0 Å². The minimum Gasteiger partial charge on any atom is -0.489 e. The van der Waals surface area contributed by atoms with Gasteiger partial charge in [0.25, 0.3) is 0 Å². The maximum absolute atomic E-state index is 14.5.